The van der Waals surface area contributed by atoms with E-state index in [0.717, 1.165) is 6.42 Å². The summed E-state index contributed by atoms with van der Waals surface area (Å²) in [5.41, 5.74) is 0. The highest BCUT2D eigenvalue weighted by atomic mass is 16.3. The van der Waals surface area contributed by atoms with Gasteiger partial charge in [-0.25, -0.2) is 5.11 Å². The molecule has 9 heavy (non-hydrogen) atoms. The summed E-state index contributed by atoms with van der Waals surface area (Å²) in [7, 11) is 0. The van der Waals surface area contributed by atoms with Gasteiger partial charge in [-0.1, -0.05) is 34.1 Å². The van der Waals surface area contributed by atoms with E-state index in [-0.39, 0.29) is 6.10 Å². The molecule has 0 N–H and O–H groups in total. The lowest BCUT2D eigenvalue weighted by atomic mass is 9.93. The lowest BCUT2D eigenvalue weighted by Crippen LogP contribution is -2.21. The second kappa shape index (κ2) is 3.89. The smallest absolute Gasteiger partial charge is 0.0978 e. The van der Waals surface area contributed by atoms with Crippen LogP contribution in [-0.4, -0.2) is 6.10 Å². The topological polar surface area (TPSA) is 19.9 Å². The summed E-state index contributed by atoms with van der Waals surface area (Å²) in [5, 5.41) is 11.2. The summed E-state index contributed by atoms with van der Waals surface area (Å²) in [6.07, 6.45) is 0.641. The average molecular weight is 129 g/mol. The first-order valence-corrected chi connectivity index (χ1v) is 3.75. The Morgan fingerprint density at radius 2 is 1.67 bits per heavy atom. The molecule has 0 saturated heterocycles. The van der Waals surface area contributed by atoms with Gasteiger partial charge in [-0.2, -0.15) is 0 Å². The van der Waals surface area contributed by atoms with Gasteiger partial charge in [-0.05, 0) is 11.8 Å². The minimum Gasteiger partial charge on any atom is -0.233 e. The molecule has 2 atom stereocenters. The molecule has 0 heterocycles. The average Bonchev–Trinajstić information content (AvgIpc) is 1.84. The third kappa shape index (κ3) is 2.85. The fourth-order valence-corrected chi connectivity index (χ4v) is 0.889. The molecule has 1 radical (unpaired) electrons. The van der Waals surface area contributed by atoms with Crippen LogP contribution in [0, 0.1) is 11.8 Å². The summed E-state index contributed by atoms with van der Waals surface area (Å²) in [4.78, 5) is 0. The number of hydrogen-bond donors (Lipinski definition) is 0. The molecule has 0 spiro atoms. The summed E-state index contributed by atoms with van der Waals surface area (Å²) >= 11 is 0. The molecular formula is C8H17O. The number of hydrogen-bond acceptors (Lipinski definition) is 0. The molecule has 55 valence electrons. The van der Waals surface area contributed by atoms with Crippen molar-refractivity contribution >= 4 is 0 Å². The van der Waals surface area contributed by atoms with Crippen molar-refractivity contribution in [1.82, 2.24) is 0 Å². The van der Waals surface area contributed by atoms with E-state index in [1.54, 1.807) is 0 Å². The van der Waals surface area contributed by atoms with Gasteiger partial charge in [0.15, 0.2) is 0 Å². The Morgan fingerprint density at radius 3 is 1.78 bits per heavy atom. The van der Waals surface area contributed by atoms with Crippen LogP contribution in [0.5, 0.6) is 0 Å². The second-order valence-corrected chi connectivity index (χ2v) is 3.09. The predicted molar refractivity (Wildman–Crippen MR) is 38.8 cm³/mol. The summed E-state index contributed by atoms with van der Waals surface area (Å²) < 4.78 is 0. The minimum atomic E-state index is -0.366. The van der Waals surface area contributed by atoms with Gasteiger partial charge in [0.25, 0.3) is 0 Å². The molecule has 0 aliphatic carbocycles. The third-order valence-electron chi connectivity index (χ3n) is 1.86. The van der Waals surface area contributed by atoms with E-state index in [0.29, 0.717) is 11.8 Å². The Balaban J connectivity index is 3.58. The SMILES string of the molecule is CCC(C)C([O])C(C)C. The lowest BCUT2D eigenvalue weighted by Gasteiger charge is -2.17. The maximum Gasteiger partial charge on any atom is 0.0978 e. The highest BCUT2D eigenvalue weighted by Gasteiger charge is 2.17. The van der Waals surface area contributed by atoms with E-state index in [9.17, 15) is 5.11 Å². The standard InChI is InChI=1S/C8H17O/c1-5-7(4)8(9)6(2)3/h6-8H,5H2,1-4H3. The van der Waals surface area contributed by atoms with Gasteiger partial charge in [-0.3, -0.25) is 0 Å². The van der Waals surface area contributed by atoms with E-state index in [1.807, 2.05) is 20.8 Å². The normalized spacial score (nSPS) is 18.0. The van der Waals surface area contributed by atoms with Crippen molar-refractivity contribution < 1.29 is 5.11 Å². The van der Waals surface area contributed by atoms with Crippen molar-refractivity contribution in [3.05, 3.63) is 0 Å². The first kappa shape index (κ1) is 8.96. The monoisotopic (exact) mass is 129 g/mol. The predicted octanol–water partition coefficient (Wildman–Crippen LogP) is 2.49. The molecule has 2 unspecified atom stereocenters. The molecule has 0 aliphatic rings. The van der Waals surface area contributed by atoms with Crippen LogP contribution in [0.2, 0.25) is 0 Å². The number of rotatable bonds is 3. The molecule has 1 heteroatoms. The highest BCUT2D eigenvalue weighted by molar-refractivity contribution is 4.65. The second-order valence-electron chi connectivity index (χ2n) is 3.09. The van der Waals surface area contributed by atoms with Crippen LogP contribution in [-0.2, 0) is 5.11 Å². The zero-order valence-electron chi connectivity index (χ0n) is 6.85. The van der Waals surface area contributed by atoms with E-state index in [4.69, 9.17) is 0 Å². The van der Waals surface area contributed by atoms with Crippen molar-refractivity contribution in [2.75, 3.05) is 0 Å². The lowest BCUT2D eigenvalue weighted by molar-refractivity contribution is 0.00562. The van der Waals surface area contributed by atoms with Crippen molar-refractivity contribution in [3.63, 3.8) is 0 Å². The summed E-state index contributed by atoms with van der Waals surface area (Å²) in [5.74, 6) is 0.630. The van der Waals surface area contributed by atoms with Gasteiger partial charge in [0.1, 0.15) is 0 Å². The molecule has 0 amide bonds. The fraction of sp³-hybridized carbons (Fsp3) is 1.00. The highest BCUT2D eigenvalue weighted by Crippen LogP contribution is 2.15. The van der Waals surface area contributed by atoms with Gasteiger partial charge in [0.05, 0.1) is 6.10 Å². The molecule has 0 saturated carbocycles. The first-order chi connectivity index (χ1) is 4.09. The molecular weight excluding hydrogens is 112 g/mol. The first-order valence-electron chi connectivity index (χ1n) is 3.75. The Bertz CT molecular complexity index is 69.0. The molecule has 0 aromatic carbocycles. The van der Waals surface area contributed by atoms with Gasteiger partial charge in [-0.15, -0.1) is 0 Å². The van der Waals surface area contributed by atoms with Crippen molar-refractivity contribution in [1.29, 1.82) is 0 Å². The van der Waals surface area contributed by atoms with Crippen LogP contribution >= 0.6 is 0 Å². The maximum absolute atomic E-state index is 11.2. The molecule has 0 aromatic rings. The zero-order valence-corrected chi connectivity index (χ0v) is 6.85. The van der Waals surface area contributed by atoms with Gasteiger partial charge in [0, 0.05) is 0 Å². The molecule has 0 bridgehead atoms. The largest absolute Gasteiger partial charge is 0.233 e. The minimum absolute atomic E-state index is 0.292. The van der Waals surface area contributed by atoms with Crippen molar-refractivity contribution in [3.8, 4) is 0 Å². The Labute approximate surface area is 58.1 Å². The molecule has 1 nitrogen and oxygen atoms in total. The van der Waals surface area contributed by atoms with E-state index in [2.05, 4.69) is 6.92 Å². The molecule has 0 fully saturated rings. The van der Waals surface area contributed by atoms with Crippen LogP contribution in [0.25, 0.3) is 0 Å². The maximum atomic E-state index is 11.2. The summed E-state index contributed by atoms with van der Waals surface area (Å²) in [6.45, 7) is 8.07. The van der Waals surface area contributed by atoms with Gasteiger partial charge in [0.2, 0.25) is 0 Å². The van der Waals surface area contributed by atoms with E-state index < -0.39 is 0 Å². The third-order valence-corrected chi connectivity index (χ3v) is 1.86. The van der Waals surface area contributed by atoms with Crippen LogP contribution in [0.15, 0.2) is 0 Å². The van der Waals surface area contributed by atoms with E-state index >= 15 is 0 Å². The van der Waals surface area contributed by atoms with Crippen LogP contribution < -0.4 is 0 Å². The quantitative estimate of drug-likeness (QED) is 0.558. The van der Waals surface area contributed by atoms with Crippen molar-refractivity contribution in [2.24, 2.45) is 11.8 Å². The van der Waals surface area contributed by atoms with E-state index in [1.165, 1.54) is 0 Å². The summed E-state index contributed by atoms with van der Waals surface area (Å²) in [6, 6.07) is 0. The van der Waals surface area contributed by atoms with Crippen LogP contribution in [0.1, 0.15) is 34.1 Å². The molecule has 0 aromatic heterocycles. The molecule has 0 aliphatic heterocycles. The van der Waals surface area contributed by atoms with Crippen LogP contribution in [0.4, 0.5) is 0 Å². The Morgan fingerprint density at radius 1 is 1.22 bits per heavy atom. The van der Waals surface area contributed by atoms with Gasteiger partial charge >= 0.3 is 0 Å². The fourth-order valence-electron chi connectivity index (χ4n) is 0.889. The van der Waals surface area contributed by atoms with Crippen molar-refractivity contribution in [2.45, 2.75) is 40.2 Å². The van der Waals surface area contributed by atoms with Gasteiger partial charge < -0.3 is 0 Å². The molecule has 0 rings (SSSR count). The van der Waals surface area contributed by atoms with Crippen LogP contribution in [0.3, 0.4) is 0 Å². The Kier molecular flexibility index (Phi) is 3.87. The zero-order chi connectivity index (χ0) is 7.44. The Hall–Kier alpha value is -0.0400.